The van der Waals surface area contributed by atoms with E-state index in [2.05, 4.69) is 29.2 Å². The summed E-state index contributed by atoms with van der Waals surface area (Å²) in [5.41, 5.74) is 3.42. The van der Waals surface area contributed by atoms with E-state index >= 15 is 0 Å². The second-order valence-corrected chi connectivity index (χ2v) is 7.56. The van der Waals surface area contributed by atoms with Crippen molar-refractivity contribution in [1.82, 2.24) is 0 Å². The predicted octanol–water partition coefficient (Wildman–Crippen LogP) is 3.36. The molecule has 1 aliphatic heterocycles. The summed E-state index contributed by atoms with van der Waals surface area (Å²) in [7, 11) is -3.13. The number of rotatable bonds is 3. The van der Waals surface area contributed by atoms with Crippen molar-refractivity contribution in [2.45, 2.75) is 17.7 Å². The van der Waals surface area contributed by atoms with E-state index in [1.54, 1.807) is 12.1 Å². The zero-order valence-corrected chi connectivity index (χ0v) is 12.9. The topological polar surface area (TPSA) is 37.4 Å². The Labute approximate surface area is 126 Å². The first-order valence-corrected chi connectivity index (χ1v) is 9.09. The van der Waals surface area contributed by atoms with Gasteiger partial charge in [0.15, 0.2) is 9.84 Å². The first-order chi connectivity index (χ1) is 10.0. The van der Waals surface area contributed by atoms with E-state index in [-0.39, 0.29) is 0 Å². The lowest BCUT2D eigenvalue weighted by Gasteiger charge is -2.18. The van der Waals surface area contributed by atoms with Gasteiger partial charge in [-0.1, -0.05) is 24.3 Å². The molecule has 3 nitrogen and oxygen atoms in total. The minimum absolute atomic E-state index is 0.363. The van der Waals surface area contributed by atoms with Crippen LogP contribution < -0.4 is 4.90 Å². The summed E-state index contributed by atoms with van der Waals surface area (Å²) in [6.07, 6.45) is 3.75. The average molecular weight is 301 g/mol. The quantitative estimate of drug-likeness (QED) is 0.872. The molecule has 0 bridgehead atoms. The summed E-state index contributed by atoms with van der Waals surface area (Å²) in [5, 5.41) is 0. The summed E-state index contributed by atoms with van der Waals surface area (Å²) in [6, 6.07) is 15.5. The van der Waals surface area contributed by atoms with Crippen molar-refractivity contribution < 1.29 is 8.42 Å². The molecule has 0 spiro atoms. The zero-order valence-electron chi connectivity index (χ0n) is 12.1. The molecule has 0 saturated carbocycles. The molecular formula is C17H19NO2S. The molecule has 2 aromatic rings. The number of nitrogens with zero attached hydrogens (tertiary/aromatic N) is 1. The molecule has 4 heteroatoms. The number of hydrogen-bond acceptors (Lipinski definition) is 3. The van der Waals surface area contributed by atoms with Crippen LogP contribution in [0.3, 0.4) is 0 Å². The van der Waals surface area contributed by atoms with Crippen LogP contribution >= 0.6 is 0 Å². The molecule has 0 unspecified atom stereocenters. The van der Waals surface area contributed by atoms with Crippen LogP contribution in [0.15, 0.2) is 53.4 Å². The summed E-state index contributed by atoms with van der Waals surface area (Å²) in [4.78, 5) is 2.76. The molecule has 0 radical (unpaired) electrons. The van der Waals surface area contributed by atoms with Crippen molar-refractivity contribution in [1.29, 1.82) is 0 Å². The Morgan fingerprint density at radius 2 is 1.57 bits per heavy atom. The van der Waals surface area contributed by atoms with Gasteiger partial charge in [-0.05, 0) is 48.2 Å². The maximum absolute atomic E-state index is 11.5. The van der Waals surface area contributed by atoms with Gasteiger partial charge in [-0.3, -0.25) is 0 Å². The monoisotopic (exact) mass is 301 g/mol. The first kappa shape index (κ1) is 14.1. The van der Waals surface area contributed by atoms with Crippen molar-refractivity contribution in [2.24, 2.45) is 0 Å². The third-order valence-corrected chi connectivity index (χ3v) is 5.06. The van der Waals surface area contributed by atoms with Gasteiger partial charge in [-0.2, -0.15) is 0 Å². The zero-order chi connectivity index (χ0) is 14.9. The van der Waals surface area contributed by atoms with Gasteiger partial charge in [0.05, 0.1) is 4.90 Å². The predicted molar refractivity (Wildman–Crippen MR) is 86.4 cm³/mol. The molecule has 0 aromatic heterocycles. The average Bonchev–Trinajstić information content (AvgIpc) is 3.01. The summed E-state index contributed by atoms with van der Waals surface area (Å²) in [5.74, 6) is 0. The Balaban J connectivity index is 1.91. The van der Waals surface area contributed by atoms with Gasteiger partial charge in [0.2, 0.25) is 0 Å². The van der Waals surface area contributed by atoms with Crippen molar-refractivity contribution in [3.63, 3.8) is 0 Å². The smallest absolute Gasteiger partial charge is 0.175 e. The lowest BCUT2D eigenvalue weighted by atomic mass is 10.1. The fourth-order valence-electron chi connectivity index (χ4n) is 2.75. The highest BCUT2D eigenvalue weighted by molar-refractivity contribution is 7.90. The Morgan fingerprint density at radius 1 is 0.905 bits per heavy atom. The molecular weight excluding hydrogens is 282 g/mol. The second kappa shape index (κ2) is 5.53. The van der Waals surface area contributed by atoms with Gasteiger partial charge >= 0.3 is 0 Å². The van der Waals surface area contributed by atoms with E-state index in [9.17, 15) is 8.42 Å². The maximum Gasteiger partial charge on any atom is 0.175 e. The lowest BCUT2D eigenvalue weighted by Crippen LogP contribution is -2.17. The fourth-order valence-corrected chi connectivity index (χ4v) is 3.38. The summed E-state index contributed by atoms with van der Waals surface area (Å²) in [6.45, 7) is 2.24. The van der Waals surface area contributed by atoms with Gasteiger partial charge in [0.25, 0.3) is 0 Å². The van der Waals surface area contributed by atoms with Crippen LogP contribution in [0.4, 0.5) is 5.69 Å². The third kappa shape index (κ3) is 3.10. The molecule has 1 fully saturated rings. The molecule has 0 N–H and O–H groups in total. The second-order valence-electron chi connectivity index (χ2n) is 5.54. The van der Waals surface area contributed by atoms with Crippen LogP contribution in [0.25, 0.3) is 11.1 Å². The highest BCUT2D eigenvalue weighted by Crippen LogP contribution is 2.27. The van der Waals surface area contributed by atoms with Crippen molar-refractivity contribution in [2.75, 3.05) is 24.2 Å². The molecule has 0 amide bonds. The van der Waals surface area contributed by atoms with Crippen molar-refractivity contribution in [3.05, 3.63) is 48.5 Å². The number of anilines is 1. The van der Waals surface area contributed by atoms with Crippen molar-refractivity contribution in [3.8, 4) is 11.1 Å². The molecule has 0 aliphatic carbocycles. The van der Waals surface area contributed by atoms with Gasteiger partial charge < -0.3 is 4.90 Å². The van der Waals surface area contributed by atoms with Crippen LogP contribution in [-0.2, 0) is 9.84 Å². The molecule has 21 heavy (non-hydrogen) atoms. The Morgan fingerprint density at radius 3 is 2.19 bits per heavy atom. The fraction of sp³-hybridized carbons (Fsp3) is 0.294. The normalized spacial score (nSPS) is 15.4. The minimum Gasteiger partial charge on any atom is -0.372 e. The number of benzene rings is 2. The van der Waals surface area contributed by atoms with Gasteiger partial charge in [-0.25, -0.2) is 8.42 Å². The Bertz CT molecular complexity index is 730. The Kier molecular flexibility index (Phi) is 3.72. The summed E-state index contributed by atoms with van der Waals surface area (Å²) < 4.78 is 23.0. The van der Waals surface area contributed by atoms with Gasteiger partial charge in [0.1, 0.15) is 0 Å². The van der Waals surface area contributed by atoms with Crippen LogP contribution in [-0.4, -0.2) is 27.8 Å². The van der Waals surface area contributed by atoms with E-state index in [1.165, 1.54) is 24.8 Å². The lowest BCUT2D eigenvalue weighted by molar-refractivity contribution is 0.602. The summed E-state index contributed by atoms with van der Waals surface area (Å²) >= 11 is 0. The van der Waals surface area contributed by atoms with Gasteiger partial charge in [-0.15, -0.1) is 0 Å². The van der Waals surface area contributed by atoms with Crippen LogP contribution in [0, 0.1) is 0 Å². The van der Waals surface area contributed by atoms with Crippen molar-refractivity contribution >= 4 is 15.5 Å². The van der Waals surface area contributed by atoms with E-state index in [4.69, 9.17) is 0 Å². The molecule has 1 aliphatic rings. The van der Waals surface area contributed by atoms with E-state index in [0.717, 1.165) is 24.2 Å². The molecule has 1 saturated heterocycles. The molecule has 3 rings (SSSR count). The number of hydrogen-bond donors (Lipinski definition) is 0. The third-order valence-electron chi connectivity index (χ3n) is 3.93. The van der Waals surface area contributed by atoms with E-state index < -0.39 is 9.84 Å². The largest absolute Gasteiger partial charge is 0.372 e. The molecule has 0 atom stereocenters. The highest BCUT2D eigenvalue weighted by atomic mass is 32.2. The van der Waals surface area contributed by atoms with E-state index in [1.807, 2.05) is 12.1 Å². The number of sulfone groups is 1. The minimum atomic E-state index is -3.13. The first-order valence-electron chi connectivity index (χ1n) is 7.19. The van der Waals surface area contributed by atoms with Crippen LogP contribution in [0.5, 0.6) is 0 Å². The molecule has 1 heterocycles. The molecule has 110 valence electrons. The SMILES string of the molecule is CS(=O)(=O)c1ccc(-c2cccc(N3CCCC3)c2)cc1. The van der Waals surface area contributed by atoms with E-state index in [0.29, 0.717) is 4.90 Å². The van der Waals surface area contributed by atoms with Crippen LogP contribution in [0.2, 0.25) is 0 Å². The maximum atomic E-state index is 11.5. The van der Waals surface area contributed by atoms with Crippen LogP contribution in [0.1, 0.15) is 12.8 Å². The Hall–Kier alpha value is -1.81. The standard InChI is InChI=1S/C17H19NO2S/c1-21(19,20)17-9-7-14(8-10-17)15-5-4-6-16(13-15)18-11-2-3-12-18/h4-10,13H,2-3,11-12H2,1H3. The van der Waals surface area contributed by atoms with Gasteiger partial charge in [0, 0.05) is 25.0 Å². The molecule has 2 aromatic carbocycles. The highest BCUT2D eigenvalue weighted by Gasteiger charge is 2.13.